The Balaban J connectivity index is 1.99. The molecular weight excluding hydrogens is 294 g/mol. The predicted octanol–water partition coefficient (Wildman–Crippen LogP) is -1.91. The quantitative estimate of drug-likeness (QED) is 0.405. The largest absolute Gasteiger partial charge is 0.394 e. The van der Waals surface area contributed by atoms with Crippen molar-refractivity contribution in [3.05, 3.63) is 0 Å². The van der Waals surface area contributed by atoms with Gasteiger partial charge in [-0.1, -0.05) is 6.92 Å². The van der Waals surface area contributed by atoms with Crippen molar-refractivity contribution < 1.29 is 34.6 Å². The molecule has 2 aliphatic heterocycles. The number of hydrogen-bond donors (Lipinski definition) is 5. The molecule has 6 N–H and O–H groups in total. The average Bonchev–Trinajstić information content (AvgIpc) is 2.50. The monoisotopic (exact) mass is 321 g/mol. The first-order valence-corrected chi connectivity index (χ1v) is 7.69. The summed E-state index contributed by atoms with van der Waals surface area (Å²) in [6, 6.07) is 0. The molecule has 22 heavy (non-hydrogen) atoms. The fraction of sp³-hybridized carbons (Fsp3) is 1.00. The van der Waals surface area contributed by atoms with Crippen LogP contribution in [0.3, 0.4) is 0 Å². The summed E-state index contributed by atoms with van der Waals surface area (Å²) in [4.78, 5) is 0. The van der Waals surface area contributed by atoms with Crippen molar-refractivity contribution in [3.63, 3.8) is 0 Å². The van der Waals surface area contributed by atoms with E-state index in [1.54, 1.807) is 6.92 Å². The highest BCUT2D eigenvalue weighted by atomic mass is 16.7. The molecule has 2 saturated heterocycles. The maximum atomic E-state index is 10.1. The first-order chi connectivity index (χ1) is 10.3. The van der Waals surface area contributed by atoms with Gasteiger partial charge in [-0.05, 0) is 13.3 Å². The highest BCUT2D eigenvalue weighted by Gasteiger charge is 2.46. The van der Waals surface area contributed by atoms with E-state index in [1.165, 1.54) is 0 Å². The zero-order valence-electron chi connectivity index (χ0n) is 13.0. The van der Waals surface area contributed by atoms with E-state index in [-0.39, 0.29) is 19.6 Å². The molecule has 2 rings (SSSR count). The fourth-order valence-electron chi connectivity index (χ4n) is 3.02. The summed E-state index contributed by atoms with van der Waals surface area (Å²) in [6.45, 7) is 3.24. The highest BCUT2D eigenvalue weighted by molar-refractivity contribution is 4.98. The van der Waals surface area contributed by atoms with Crippen LogP contribution >= 0.6 is 0 Å². The average molecular weight is 321 g/mol. The van der Waals surface area contributed by atoms with Crippen LogP contribution in [0.1, 0.15) is 26.7 Å². The maximum Gasteiger partial charge on any atom is 0.160 e. The normalized spacial score (nSPS) is 50.0. The van der Waals surface area contributed by atoms with E-state index in [1.807, 2.05) is 6.92 Å². The van der Waals surface area contributed by atoms with Gasteiger partial charge in [-0.25, -0.2) is 0 Å². The summed E-state index contributed by atoms with van der Waals surface area (Å²) in [6.07, 6.45) is -5.20. The lowest BCUT2D eigenvalue weighted by atomic mass is 9.82. The molecule has 8 heteroatoms. The highest BCUT2D eigenvalue weighted by Crippen LogP contribution is 2.32. The summed E-state index contributed by atoms with van der Waals surface area (Å²) in [5.41, 5.74) is 5.38. The van der Waals surface area contributed by atoms with E-state index in [0.29, 0.717) is 6.42 Å². The van der Waals surface area contributed by atoms with Crippen molar-refractivity contribution in [3.8, 4) is 0 Å². The minimum atomic E-state index is -1.23. The van der Waals surface area contributed by atoms with E-state index in [9.17, 15) is 15.3 Å². The third-order valence-corrected chi connectivity index (χ3v) is 4.70. The van der Waals surface area contributed by atoms with Gasteiger partial charge < -0.3 is 40.4 Å². The van der Waals surface area contributed by atoms with Crippen LogP contribution in [0, 0.1) is 0 Å². The van der Waals surface area contributed by atoms with Crippen molar-refractivity contribution in [2.24, 2.45) is 5.73 Å². The molecule has 0 aromatic rings. The van der Waals surface area contributed by atoms with Gasteiger partial charge in [0.15, 0.2) is 6.29 Å². The van der Waals surface area contributed by atoms with Crippen LogP contribution in [0.2, 0.25) is 0 Å². The van der Waals surface area contributed by atoms with Gasteiger partial charge in [0.25, 0.3) is 0 Å². The van der Waals surface area contributed by atoms with Crippen LogP contribution in [0.25, 0.3) is 0 Å². The topological polar surface area (TPSA) is 135 Å². The number of ether oxygens (including phenoxy) is 3. The Morgan fingerprint density at radius 2 is 1.95 bits per heavy atom. The SMILES string of the molecule is CCC1(N)C[C@H](OC2COC(CO)C(O)[C@@H]2O)OC(C)[C@H]1O. The Labute approximate surface area is 129 Å². The molecule has 0 aromatic heterocycles. The lowest BCUT2D eigenvalue weighted by molar-refractivity contribution is -0.292. The molecule has 0 radical (unpaired) electrons. The van der Waals surface area contributed by atoms with Crippen LogP contribution in [0.4, 0.5) is 0 Å². The zero-order chi connectivity index (χ0) is 16.5. The summed E-state index contributed by atoms with van der Waals surface area (Å²) in [5, 5.41) is 39.1. The Morgan fingerprint density at radius 3 is 2.55 bits per heavy atom. The van der Waals surface area contributed by atoms with E-state index < -0.39 is 48.5 Å². The van der Waals surface area contributed by atoms with Crippen molar-refractivity contribution in [1.82, 2.24) is 0 Å². The van der Waals surface area contributed by atoms with Gasteiger partial charge in [0.1, 0.15) is 24.4 Å². The minimum absolute atomic E-state index is 0.0317. The third-order valence-electron chi connectivity index (χ3n) is 4.70. The van der Waals surface area contributed by atoms with Crippen LogP contribution in [0.5, 0.6) is 0 Å². The molecule has 0 aliphatic carbocycles. The number of aliphatic hydroxyl groups is 4. The molecule has 0 spiro atoms. The Bertz CT molecular complexity index is 371. The molecule has 130 valence electrons. The number of rotatable bonds is 4. The minimum Gasteiger partial charge on any atom is -0.394 e. The zero-order valence-corrected chi connectivity index (χ0v) is 13.0. The second-order valence-corrected chi connectivity index (χ2v) is 6.22. The molecule has 0 saturated carbocycles. The molecule has 0 amide bonds. The standard InChI is InChI=1S/C14H27NO7/c1-3-14(15)4-10(21-7(2)13(14)19)22-9-6-20-8(5-16)11(17)12(9)18/h7-13,16-19H,3-6,15H2,1-2H3/t7?,8?,9?,10-,11?,12+,13+,14?/m0/s1. The van der Waals surface area contributed by atoms with Gasteiger partial charge in [0.2, 0.25) is 0 Å². The van der Waals surface area contributed by atoms with E-state index in [0.717, 1.165) is 0 Å². The fourth-order valence-corrected chi connectivity index (χ4v) is 3.02. The van der Waals surface area contributed by atoms with Crippen molar-refractivity contribution >= 4 is 0 Å². The van der Waals surface area contributed by atoms with Crippen molar-refractivity contribution in [1.29, 1.82) is 0 Å². The van der Waals surface area contributed by atoms with Gasteiger partial charge in [0.05, 0.1) is 25.4 Å². The molecule has 0 aromatic carbocycles. The van der Waals surface area contributed by atoms with Crippen LogP contribution in [-0.2, 0) is 14.2 Å². The van der Waals surface area contributed by atoms with Gasteiger partial charge in [-0.15, -0.1) is 0 Å². The second-order valence-electron chi connectivity index (χ2n) is 6.22. The molecule has 5 unspecified atom stereocenters. The lowest BCUT2D eigenvalue weighted by Crippen LogP contribution is -2.63. The van der Waals surface area contributed by atoms with Crippen molar-refractivity contribution in [2.75, 3.05) is 13.2 Å². The molecule has 2 heterocycles. The Hall–Kier alpha value is -0.320. The predicted molar refractivity (Wildman–Crippen MR) is 75.9 cm³/mol. The van der Waals surface area contributed by atoms with Crippen molar-refractivity contribution in [2.45, 2.75) is 75.1 Å². The number of aliphatic hydroxyl groups excluding tert-OH is 4. The summed E-state index contributed by atoms with van der Waals surface area (Å²) in [7, 11) is 0. The van der Waals surface area contributed by atoms with Crippen LogP contribution < -0.4 is 5.73 Å². The van der Waals surface area contributed by atoms with E-state index >= 15 is 0 Å². The molecule has 8 atom stereocenters. The molecule has 2 fully saturated rings. The van der Waals surface area contributed by atoms with Gasteiger partial charge in [-0.3, -0.25) is 0 Å². The van der Waals surface area contributed by atoms with Gasteiger partial charge >= 0.3 is 0 Å². The van der Waals surface area contributed by atoms with E-state index in [4.69, 9.17) is 25.1 Å². The van der Waals surface area contributed by atoms with Crippen LogP contribution in [0.15, 0.2) is 0 Å². The lowest BCUT2D eigenvalue weighted by Gasteiger charge is -2.46. The van der Waals surface area contributed by atoms with Gasteiger partial charge in [-0.2, -0.15) is 0 Å². The molecular formula is C14H27NO7. The first-order valence-electron chi connectivity index (χ1n) is 7.69. The molecule has 8 nitrogen and oxygen atoms in total. The maximum absolute atomic E-state index is 10.1. The second kappa shape index (κ2) is 7.06. The molecule has 0 bridgehead atoms. The summed E-state index contributed by atoms with van der Waals surface area (Å²) < 4.78 is 16.5. The first kappa shape index (κ1) is 18.0. The summed E-state index contributed by atoms with van der Waals surface area (Å²) in [5.74, 6) is 0. The molecule has 2 aliphatic rings. The third kappa shape index (κ3) is 3.44. The smallest absolute Gasteiger partial charge is 0.160 e. The Kier molecular flexibility index (Phi) is 5.79. The Morgan fingerprint density at radius 1 is 1.27 bits per heavy atom. The van der Waals surface area contributed by atoms with E-state index in [2.05, 4.69) is 0 Å². The van der Waals surface area contributed by atoms with Gasteiger partial charge in [0, 0.05) is 12.0 Å². The number of hydrogen-bond acceptors (Lipinski definition) is 8. The number of nitrogens with two attached hydrogens (primary N) is 1. The summed E-state index contributed by atoms with van der Waals surface area (Å²) >= 11 is 0. The van der Waals surface area contributed by atoms with Crippen LogP contribution in [-0.4, -0.2) is 82.1 Å².